The number of unbranched alkanes of at least 4 members (excludes halogenated alkanes) is 1. The van der Waals surface area contributed by atoms with Crippen molar-refractivity contribution in [1.29, 1.82) is 0 Å². The van der Waals surface area contributed by atoms with Gasteiger partial charge in [-0.15, -0.1) is 11.8 Å². The summed E-state index contributed by atoms with van der Waals surface area (Å²) in [5.74, 6) is 0.988. The molecule has 18 heavy (non-hydrogen) atoms. The van der Waals surface area contributed by atoms with Gasteiger partial charge < -0.3 is 11.1 Å². The van der Waals surface area contributed by atoms with Crippen molar-refractivity contribution in [1.82, 2.24) is 0 Å². The molecular weight excluding hydrogens is 268 g/mol. The first kappa shape index (κ1) is 15.3. The zero-order valence-corrected chi connectivity index (χ0v) is 12.1. The predicted octanol–water partition coefficient (Wildman–Crippen LogP) is 3.14. The van der Waals surface area contributed by atoms with Gasteiger partial charge in [-0.25, -0.2) is 0 Å². The van der Waals surface area contributed by atoms with E-state index in [2.05, 4.69) is 5.32 Å². The third kappa shape index (κ3) is 5.76. The van der Waals surface area contributed by atoms with Gasteiger partial charge in [0.15, 0.2) is 0 Å². The van der Waals surface area contributed by atoms with Crippen LogP contribution < -0.4 is 11.1 Å². The van der Waals surface area contributed by atoms with Crippen LogP contribution in [0, 0.1) is 0 Å². The molecule has 0 spiro atoms. The Bertz CT molecular complexity index is 370. The summed E-state index contributed by atoms with van der Waals surface area (Å²) in [6.45, 7) is 2.63. The van der Waals surface area contributed by atoms with Gasteiger partial charge in [0.05, 0.1) is 5.25 Å². The Morgan fingerprint density at radius 3 is 2.67 bits per heavy atom. The lowest BCUT2D eigenvalue weighted by Gasteiger charge is -2.11. The molecule has 0 saturated heterocycles. The molecule has 0 aliphatic carbocycles. The molecule has 100 valence electrons. The van der Waals surface area contributed by atoms with Gasteiger partial charge >= 0.3 is 0 Å². The Labute approximate surface area is 117 Å². The van der Waals surface area contributed by atoms with Crippen LogP contribution in [0.25, 0.3) is 0 Å². The second-order valence-corrected chi connectivity index (χ2v) is 5.89. The van der Waals surface area contributed by atoms with E-state index >= 15 is 0 Å². The van der Waals surface area contributed by atoms with E-state index in [0.29, 0.717) is 11.6 Å². The molecule has 0 fully saturated rings. The van der Waals surface area contributed by atoms with Gasteiger partial charge in [0.1, 0.15) is 0 Å². The van der Waals surface area contributed by atoms with Crippen LogP contribution >= 0.6 is 23.4 Å². The first-order valence-corrected chi connectivity index (χ1v) is 7.44. The lowest BCUT2D eigenvalue weighted by Crippen LogP contribution is -2.22. The van der Waals surface area contributed by atoms with Crippen molar-refractivity contribution in [3.8, 4) is 0 Å². The Morgan fingerprint density at radius 2 is 2.06 bits per heavy atom. The number of nitrogens with one attached hydrogen (secondary N) is 1. The molecule has 0 aliphatic heterocycles. The Kier molecular flexibility index (Phi) is 7.16. The van der Waals surface area contributed by atoms with Gasteiger partial charge in [-0.2, -0.15) is 0 Å². The van der Waals surface area contributed by atoms with Gasteiger partial charge in [0.2, 0.25) is 5.91 Å². The average molecular weight is 287 g/mol. The number of nitrogens with two attached hydrogens (primary N) is 1. The minimum absolute atomic E-state index is 0.0232. The number of carbonyl (C=O) groups excluding carboxylic acids is 1. The maximum atomic E-state index is 11.9. The summed E-state index contributed by atoms with van der Waals surface area (Å²) in [6.07, 6.45) is 2.07. The normalized spacial score (nSPS) is 12.2. The summed E-state index contributed by atoms with van der Waals surface area (Å²) in [6, 6.07) is 7.12. The molecule has 1 atom stereocenters. The zero-order valence-electron chi connectivity index (χ0n) is 10.5. The lowest BCUT2D eigenvalue weighted by molar-refractivity contribution is -0.115. The number of thioether (sulfide) groups is 1. The minimum Gasteiger partial charge on any atom is -0.330 e. The molecular formula is C13H19ClN2OS. The smallest absolute Gasteiger partial charge is 0.237 e. The van der Waals surface area contributed by atoms with Gasteiger partial charge in [-0.1, -0.05) is 11.6 Å². The average Bonchev–Trinajstić information content (AvgIpc) is 2.37. The fourth-order valence-electron chi connectivity index (χ4n) is 1.36. The molecule has 0 aliphatic rings. The van der Waals surface area contributed by atoms with E-state index in [-0.39, 0.29) is 11.2 Å². The lowest BCUT2D eigenvalue weighted by atomic mass is 10.3. The zero-order chi connectivity index (χ0) is 13.4. The van der Waals surface area contributed by atoms with E-state index in [0.717, 1.165) is 24.3 Å². The molecule has 3 nitrogen and oxygen atoms in total. The molecule has 1 amide bonds. The SMILES string of the molecule is CC(SCCCCN)C(=O)Nc1ccc(Cl)cc1. The predicted molar refractivity (Wildman–Crippen MR) is 80.3 cm³/mol. The van der Waals surface area contributed by atoms with E-state index in [1.165, 1.54) is 0 Å². The summed E-state index contributed by atoms with van der Waals surface area (Å²) in [5.41, 5.74) is 6.20. The van der Waals surface area contributed by atoms with Crippen LogP contribution in [0.15, 0.2) is 24.3 Å². The minimum atomic E-state index is -0.0570. The standard InChI is InChI=1S/C13H19ClN2OS/c1-10(18-9-3-2-8-15)13(17)16-12-6-4-11(14)5-7-12/h4-7,10H,2-3,8-9,15H2,1H3,(H,16,17). The first-order chi connectivity index (χ1) is 8.63. The van der Waals surface area contributed by atoms with E-state index in [1.54, 1.807) is 36.0 Å². The van der Waals surface area contributed by atoms with Crippen LogP contribution in [0.3, 0.4) is 0 Å². The third-order valence-electron chi connectivity index (χ3n) is 2.45. The fourth-order valence-corrected chi connectivity index (χ4v) is 2.42. The van der Waals surface area contributed by atoms with Crippen molar-refractivity contribution in [3.05, 3.63) is 29.3 Å². The number of amides is 1. The number of halogens is 1. The monoisotopic (exact) mass is 286 g/mol. The number of hydrogen-bond donors (Lipinski definition) is 2. The molecule has 0 aromatic heterocycles. The summed E-state index contributed by atoms with van der Waals surface area (Å²) >= 11 is 7.44. The third-order valence-corrected chi connectivity index (χ3v) is 3.94. The summed E-state index contributed by atoms with van der Waals surface area (Å²) < 4.78 is 0. The molecule has 5 heteroatoms. The number of carbonyl (C=O) groups is 1. The van der Waals surface area contributed by atoms with Crippen molar-refractivity contribution < 1.29 is 4.79 Å². The molecule has 1 aromatic carbocycles. The number of hydrogen-bond acceptors (Lipinski definition) is 3. The van der Waals surface area contributed by atoms with E-state index < -0.39 is 0 Å². The van der Waals surface area contributed by atoms with Crippen LogP contribution in [0.2, 0.25) is 5.02 Å². The highest BCUT2D eigenvalue weighted by Gasteiger charge is 2.12. The van der Waals surface area contributed by atoms with Crippen molar-refractivity contribution in [3.63, 3.8) is 0 Å². The molecule has 3 N–H and O–H groups in total. The molecule has 0 heterocycles. The quantitative estimate of drug-likeness (QED) is 0.757. The van der Waals surface area contributed by atoms with Crippen molar-refractivity contribution in [2.45, 2.75) is 25.0 Å². The molecule has 1 unspecified atom stereocenters. The molecule has 1 rings (SSSR count). The molecule has 0 radical (unpaired) electrons. The summed E-state index contributed by atoms with van der Waals surface area (Å²) in [4.78, 5) is 11.9. The van der Waals surface area contributed by atoms with Crippen LogP contribution in [0.4, 0.5) is 5.69 Å². The highest BCUT2D eigenvalue weighted by Crippen LogP contribution is 2.17. The van der Waals surface area contributed by atoms with Crippen LogP contribution in [-0.4, -0.2) is 23.5 Å². The fraction of sp³-hybridized carbons (Fsp3) is 0.462. The van der Waals surface area contributed by atoms with Gasteiger partial charge in [0, 0.05) is 10.7 Å². The second kappa shape index (κ2) is 8.40. The van der Waals surface area contributed by atoms with Crippen molar-refractivity contribution in [2.24, 2.45) is 5.73 Å². The molecule has 0 saturated carbocycles. The Balaban J connectivity index is 2.33. The molecule has 0 bridgehead atoms. The largest absolute Gasteiger partial charge is 0.330 e. The first-order valence-electron chi connectivity index (χ1n) is 6.01. The number of rotatable bonds is 7. The van der Waals surface area contributed by atoms with Gasteiger partial charge in [0.25, 0.3) is 0 Å². The summed E-state index contributed by atoms with van der Waals surface area (Å²) in [5, 5.41) is 3.47. The highest BCUT2D eigenvalue weighted by atomic mass is 35.5. The van der Waals surface area contributed by atoms with Crippen LogP contribution in [0.1, 0.15) is 19.8 Å². The van der Waals surface area contributed by atoms with Gasteiger partial charge in [-0.3, -0.25) is 4.79 Å². The van der Waals surface area contributed by atoms with E-state index in [9.17, 15) is 4.79 Å². The van der Waals surface area contributed by atoms with Crippen molar-refractivity contribution >= 4 is 35.0 Å². The van der Waals surface area contributed by atoms with Crippen LogP contribution in [-0.2, 0) is 4.79 Å². The van der Waals surface area contributed by atoms with Crippen molar-refractivity contribution in [2.75, 3.05) is 17.6 Å². The van der Waals surface area contributed by atoms with Gasteiger partial charge in [-0.05, 0) is 56.3 Å². The van der Waals surface area contributed by atoms with E-state index in [1.807, 2.05) is 6.92 Å². The maximum absolute atomic E-state index is 11.9. The van der Waals surface area contributed by atoms with E-state index in [4.69, 9.17) is 17.3 Å². The topological polar surface area (TPSA) is 55.1 Å². The highest BCUT2D eigenvalue weighted by molar-refractivity contribution is 8.00. The number of anilines is 1. The Hall–Kier alpha value is -0.710. The molecule has 1 aromatic rings. The summed E-state index contributed by atoms with van der Waals surface area (Å²) in [7, 11) is 0. The Morgan fingerprint density at radius 1 is 1.39 bits per heavy atom. The number of benzene rings is 1. The van der Waals surface area contributed by atoms with Crippen LogP contribution in [0.5, 0.6) is 0 Å². The second-order valence-electron chi connectivity index (χ2n) is 4.00. The maximum Gasteiger partial charge on any atom is 0.237 e.